The molecule has 0 aromatic heterocycles. The maximum atomic E-state index is 10.9. The van der Waals surface area contributed by atoms with Crippen LogP contribution in [-0.4, -0.2) is 24.6 Å². The van der Waals surface area contributed by atoms with Gasteiger partial charge in [-0.15, -0.1) is 0 Å². The Morgan fingerprint density at radius 1 is 1.39 bits per heavy atom. The molecule has 0 amide bonds. The van der Waals surface area contributed by atoms with E-state index >= 15 is 0 Å². The summed E-state index contributed by atoms with van der Waals surface area (Å²) < 4.78 is 0. The van der Waals surface area contributed by atoms with Gasteiger partial charge in [0.2, 0.25) is 0 Å². The fourth-order valence-electron chi connectivity index (χ4n) is 1.49. The summed E-state index contributed by atoms with van der Waals surface area (Å²) in [6, 6.07) is 6.30. The maximum Gasteiger partial charge on any atom is 0.293 e. The van der Waals surface area contributed by atoms with Gasteiger partial charge in [-0.1, -0.05) is 6.92 Å². The Labute approximate surface area is 106 Å². The number of benzene rings is 1. The zero-order chi connectivity index (χ0) is 13.4. The summed E-state index contributed by atoms with van der Waals surface area (Å²) in [6.07, 6.45) is 1.05. The van der Waals surface area contributed by atoms with Gasteiger partial charge in [0.15, 0.2) is 0 Å². The highest BCUT2D eigenvalue weighted by Gasteiger charge is 2.13. The fourth-order valence-corrected chi connectivity index (χ4v) is 1.49. The van der Waals surface area contributed by atoms with Crippen LogP contribution in [0.25, 0.3) is 0 Å². The van der Waals surface area contributed by atoms with E-state index in [0.29, 0.717) is 12.2 Å². The van der Waals surface area contributed by atoms with Crippen molar-refractivity contribution in [2.45, 2.75) is 13.3 Å². The van der Waals surface area contributed by atoms with E-state index in [4.69, 9.17) is 5.26 Å². The van der Waals surface area contributed by atoms with Crippen LogP contribution in [-0.2, 0) is 0 Å². The molecule has 0 aliphatic rings. The molecule has 0 unspecified atom stereocenters. The van der Waals surface area contributed by atoms with E-state index in [1.807, 2.05) is 6.07 Å². The summed E-state index contributed by atoms with van der Waals surface area (Å²) in [7, 11) is 0. The van der Waals surface area contributed by atoms with Crippen molar-refractivity contribution in [2.75, 3.05) is 25.0 Å². The van der Waals surface area contributed by atoms with Crippen LogP contribution in [0, 0.1) is 21.4 Å². The van der Waals surface area contributed by atoms with Crippen molar-refractivity contribution in [3.05, 3.63) is 33.9 Å². The second-order valence-electron chi connectivity index (χ2n) is 3.78. The monoisotopic (exact) mass is 248 g/mol. The van der Waals surface area contributed by atoms with E-state index < -0.39 is 4.92 Å². The molecule has 0 saturated carbocycles. The SMILES string of the molecule is CCCNCCNc1ccc(C#N)cc1[N+](=O)[O-]. The molecule has 0 saturated heterocycles. The van der Waals surface area contributed by atoms with Crippen molar-refractivity contribution in [3.63, 3.8) is 0 Å². The Balaban J connectivity index is 2.65. The molecule has 0 aliphatic carbocycles. The van der Waals surface area contributed by atoms with E-state index in [2.05, 4.69) is 17.6 Å². The molecular formula is C12H16N4O2. The number of anilines is 1. The Hall–Kier alpha value is -2.13. The zero-order valence-corrected chi connectivity index (χ0v) is 10.3. The Kier molecular flexibility index (Phi) is 5.61. The fraction of sp³-hybridized carbons (Fsp3) is 0.417. The molecule has 0 fully saturated rings. The van der Waals surface area contributed by atoms with Gasteiger partial charge >= 0.3 is 0 Å². The molecular weight excluding hydrogens is 232 g/mol. The molecule has 0 heterocycles. The molecule has 0 aliphatic heterocycles. The van der Waals surface area contributed by atoms with Gasteiger partial charge < -0.3 is 10.6 Å². The van der Waals surface area contributed by atoms with E-state index in [-0.39, 0.29) is 11.3 Å². The summed E-state index contributed by atoms with van der Waals surface area (Å²) in [6.45, 7) is 4.35. The second-order valence-corrected chi connectivity index (χ2v) is 3.78. The van der Waals surface area contributed by atoms with Crippen LogP contribution >= 0.6 is 0 Å². The number of nitrogens with zero attached hydrogens (tertiary/aromatic N) is 2. The highest BCUT2D eigenvalue weighted by atomic mass is 16.6. The molecule has 2 N–H and O–H groups in total. The predicted octanol–water partition coefficient (Wildman–Crippen LogP) is 1.88. The Morgan fingerprint density at radius 2 is 2.17 bits per heavy atom. The van der Waals surface area contributed by atoms with Crippen LogP contribution in [0.15, 0.2) is 18.2 Å². The smallest absolute Gasteiger partial charge is 0.293 e. The maximum absolute atomic E-state index is 10.9. The van der Waals surface area contributed by atoms with Crippen molar-refractivity contribution in [1.82, 2.24) is 5.32 Å². The summed E-state index contributed by atoms with van der Waals surface area (Å²) in [5.41, 5.74) is 0.665. The number of hydrogen-bond donors (Lipinski definition) is 2. The highest BCUT2D eigenvalue weighted by molar-refractivity contribution is 5.64. The molecule has 96 valence electrons. The predicted molar refractivity (Wildman–Crippen MR) is 69.5 cm³/mol. The summed E-state index contributed by atoms with van der Waals surface area (Å²) in [5.74, 6) is 0. The molecule has 0 spiro atoms. The van der Waals surface area contributed by atoms with Gasteiger partial charge in [0, 0.05) is 19.2 Å². The first kappa shape index (κ1) is 13.9. The van der Waals surface area contributed by atoms with Crippen molar-refractivity contribution >= 4 is 11.4 Å². The highest BCUT2D eigenvalue weighted by Crippen LogP contribution is 2.24. The molecule has 18 heavy (non-hydrogen) atoms. The number of nitro benzene ring substituents is 1. The molecule has 1 rings (SSSR count). The summed E-state index contributed by atoms with van der Waals surface area (Å²) in [4.78, 5) is 10.4. The lowest BCUT2D eigenvalue weighted by atomic mass is 10.2. The minimum Gasteiger partial charge on any atom is -0.378 e. The molecule has 0 radical (unpaired) electrons. The lowest BCUT2D eigenvalue weighted by Gasteiger charge is -2.07. The van der Waals surface area contributed by atoms with Gasteiger partial charge in [0.25, 0.3) is 5.69 Å². The number of hydrogen-bond acceptors (Lipinski definition) is 5. The average molecular weight is 248 g/mol. The molecule has 0 bridgehead atoms. The topological polar surface area (TPSA) is 91.0 Å². The molecule has 0 atom stereocenters. The van der Waals surface area contributed by atoms with Crippen LogP contribution in [0.3, 0.4) is 0 Å². The first-order valence-corrected chi connectivity index (χ1v) is 5.82. The van der Waals surface area contributed by atoms with Crippen molar-refractivity contribution < 1.29 is 4.92 Å². The number of nitro groups is 1. The molecule has 6 nitrogen and oxygen atoms in total. The van der Waals surface area contributed by atoms with Gasteiger partial charge in [-0.3, -0.25) is 10.1 Å². The lowest BCUT2D eigenvalue weighted by molar-refractivity contribution is -0.384. The molecule has 6 heteroatoms. The van der Waals surface area contributed by atoms with Crippen LogP contribution in [0.1, 0.15) is 18.9 Å². The first-order chi connectivity index (χ1) is 8.69. The minimum atomic E-state index is -0.483. The van der Waals surface area contributed by atoms with Crippen LogP contribution in [0.4, 0.5) is 11.4 Å². The van der Waals surface area contributed by atoms with Crippen molar-refractivity contribution in [1.29, 1.82) is 5.26 Å². The lowest BCUT2D eigenvalue weighted by Crippen LogP contribution is -2.22. The second kappa shape index (κ2) is 7.25. The number of nitriles is 1. The van der Waals surface area contributed by atoms with Crippen molar-refractivity contribution in [2.24, 2.45) is 0 Å². The quantitative estimate of drug-likeness (QED) is 0.436. The van der Waals surface area contributed by atoms with Crippen LogP contribution in [0.5, 0.6) is 0 Å². The Morgan fingerprint density at radius 3 is 2.78 bits per heavy atom. The Bertz CT molecular complexity index is 454. The third-order valence-electron chi connectivity index (χ3n) is 2.37. The summed E-state index contributed by atoms with van der Waals surface area (Å²) in [5, 5.41) is 25.8. The van der Waals surface area contributed by atoms with Gasteiger partial charge in [-0.05, 0) is 25.1 Å². The largest absolute Gasteiger partial charge is 0.378 e. The number of nitrogens with one attached hydrogen (secondary N) is 2. The average Bonchev–Trinajstić information content (AvgIpc) is 2.38. The third-order valence-corrected chi connectivity index (χ3v) is 2.37. The first-order valence-electron chi connectivity index (χ1n) is 5.82. The van der Waals surface area contributed by atoms with Gasteiger partial charge in [0.1, 0.15) is 5.69 Å². The van der Waals surface area contributed by atoms with Crippen LogP contribution in [0.2, 0.25) is 0 Å². The van der Waals surface area contributed by atoms with Gasteiger partial charge in [0.05, 0.1) is 16.6 Å². The van der Waals surface area contributed by atoms with Gasteiger partial charge in [-0.25, -0.2) is 0 Å². The van der Waals surface area contributed by atoms with Crippen LogP contribution < -0.4 is 10.6 Å². The molecule has 1 aromatic rings. The molecule has 1 aromatic carbocycles. The third kappa shape index (κ3) is 4.03. The number of rotatable bonds is 7. The van der Waals surface area contributed by atoms with Crippen molar-refractivity contribution in [3.8, 4) is 6.07 Å². The van der Waals surface area contributed by atoms with E-state index in [1.54, 1.807) is 12.1 Å². The zero-order valence-electron chi connectivity index (χ0n) is 10.3. The van der Waals surface area contributed by atoms with E-state index in [1.165, 1.54) is 6.07 Å². The normalized spacial score (nSPS) is 9.78. The van der Waals surface area contributed by atoms with E-state index in [0.717, 1.165) is 19.5 Å². The van der Waals surface area contributed by atoms with E-state index in [9.17, 15) is 10.1 Å². The standard InChI is InChI=1S/C12H16N4O2/c1-2-5-14-6-7-15-11-4-3-10(9-13)8-12(11)16(17)18/h3-4,8,14-15H,2,5-7H2,1H3. The minimum absolute atomic E-state index is 0.0652. The van der Waals surface area contributed by atoms with Gasteiger partial charge in [-0.2, -0.15) is 5.26 Å². The summed E-state index contributed by atoms with van der Waals surface area (Å²) >= 11 is 0.